The van der Waals surface area contributed by atoms with E-state index in [-0.39, 0.29) is 16.0 Å². The van der Waals surface area contributed by atoms with Gasteiger partial charge in [0.1, 0.15) is 9.90 Å². The molecule has 0 unspecified atom stereocenters. The van der Waals surface area contributed by atoms with E-state index in [1.165, 1.54) is 37.2 Å². The van der Waals surface area contributed by atoms with Gasteiger partial charge in [0.05, 0.1) is 5.25 Å². The third-order valence-electron chi connectivity index (χ3n) is 4.96. The van der Waals surface area contributed by atoms with Gasteiger partial charge in [-0.3, -0.25) is 0 Å². The van der Waals surface area contributed by atoms with Gasteiger partial charge >= 0.3 is 0 Å². The first-order valence-electron chi connectivity index (χ1n) is 7.71. The summed E-state index contributed by atoms with van der Waals surface area (Å²) in [4.78, 5) is 0.249. The average Bonchev–Trinajstić information content (AvgIpc) is 3.11. The van der Waals surface area contributed by atoms with Crippen molar-refractivity contribution in [1.29, 1.82) is 0 Å². The standard InChI is InChI=1S/C14H23N3O2S2/c1-2-14(7-3-4-8-14)9-16-13-11(12(15)17-20-13)21(18,19)10-5-6-10/h10,16H,2-9H2,1H3,(H2,15,17). The minimum absolute atomic E-state index is 0.159. The summed E-state index contributed by atoms with van der Waals surface area (Å²) in [6.45, 7) is 3.04. The van der Waals surface area contributed by atoms with Crippen LogP contribution in [0.2, 0.25) is 0 Å². The Hall–Kier alpha value is -0.820. The summed E-state index contributed by atoms with van der Waals surface area (Å²) in [5.41, 5.74) is 6.13. The molecule has 0 aromatic carbocycles. The van der Waals surface area contributed by atoms with E-state index in [2.05, 4.69) is 16.6 Å². The van der Waals surface area contributed by atoms with Gasteiger partial charge in [-0.15, -0.1) is 0 Å². The van der Waals surface area contributed by atoms with Crippen LogP contribution in [-0.4, -0.2) is 24.6 Å². The molecule has 0 atom stereocenters. The largest absolute Gasteiger partial charge is 0.382 e. The highest BCUT2D eigenvalue weighted by Crippen LogP contribution is 2.44. The first kappa shape index (κ1) is 15.1. The van der Waals surface area contributed by atoms with Crippen LogP contribution in [0.5, 0.6) is 0 Å². The number of nitrogen functional groups attached to an aromatic ring is 1. The third kappa shape index (κ3) is 2.77. The Morgan fingerprint density at radius 1 is 1.38 bits per heavy atom. The molecule has 3 N–H and O–H groups in total. The number of rotatable bonds is 6. The highest BCUT2D eigenvalue weighted by molar-refractivity contribution is 7.92. The van der Waals surface area contributed by atoms with Crippen LogP contribution in [0.15, 0.2) is 4.90 Å². The molecule has 21 heavy (non-hydrogen) atoms. The van der Waals surface area contributed by atoms with E-state index in [0.717, 1.165) is 25.8 Å². The van der Waals surface area contributed by atoms with Crippen molar-refractivity contribution in [2.75, 3.05) is 17.6 Å². The lowest BCUT2D eigenvalue weighted by Crippen LogP contribution is -2.26. The van der Waals surface area contributed by atoms with Crippen molar-refractivity contribution < 1.29 is 8.42 Å². The lowest BCUT2D eigenvalue weighted by molar-refractivity contribution is 0.307. The molecule has 2 saturated carbocycles. The maximum atomic E-state index is 12.5. The predicted molar refractivity (Wildman–Crippen MR) is 86.4 cm³/mol. The molecule has 118 valence electrons. The second kappa shape index (κ2) is 5.43. The Labute approximate surface area is 130 Å². The van der Waals surface area contributed by atoms with Crippen LogP contribution in [0, 0.1) is 5.41 Å². The van der Waals surface area contributed by atoms with E-state index in [4.69, 9.17) is 5.73 Å². The number of nitrogens with zero attached hydrogens (tertiary/aromatic N) is 1. The van der Waals surface area contributed by atoms with Crippen molar-refractivity contribution in [1.82, 2.24) is 4.37 Å². The van der Waals surface area contributed by atoms with Crippen LogP contribution >= 0.6 is 11.5 Å². The van der Waals surface area contributed by atoms with Gasteiger partial charge < -0.3 is 11.1 Å². The molecular formula is C14H23N3O2S2. The molecule has 0 saturated heterocycles. The van der Waals surface area contributed by atoms with Gasteiger partial charge in [-0.2, -0.15) is 4.37 Å². The average molecular weight is 329 g/mol. The normalized spacial score (nSPS) is 21.6. The lowest BCUT2D eigenvalue weighted by Gasteiger charge is -2.28. The number of nitrogens with one attached hydrogen (secondary N) is 1. The van der Waals surface area contributed by atoms with Gasteiger partial charge in [-0.05, 0) is 49.1 Å². The van der Waals surface area contributed by atoms with Gasteiger partial charge in [-0.1, -0.05) is 19.8 Å². The highest BCUT2D eigenvalue weighted by Gasteiger charge is 2.41. The Bertz CT molecular complexity index is 614. The van der Waals surface area contributed by atoms with Crippen molar-refractivity contribution in [3.8, 4) is 0 Å². The summed E-state index contributed by atoms with van der Waals surface area (Å²) in [7, 11) is -3.30. The molecule has 1 aromatic rings. The monoisotopic (exact) mass is 329 g/mol. The second-order valence-corrected chi connectivity index (χ2v) is 9.32. The quantitative estimate of drug-likeness (QED) is 0.838. The smallest absolute Gasteiger partial charge is 0.187 e. The van der Waals surface area contributed by atoms with E-state index in [9.17, 15) is 8.42 Å². The van der Waals surface area contributed by atoms with Gasteiger partial charge in [0.15, 0.2) is 15.7 Å². The Morgan fingerprint density at radius 2 is 2.05 bits per heavy atom. The van der Waals surface area contributed by atoms with Crippen molar-refractivity contribution in [3.05, 3.63) is 0 Å². The fourth-order valence-electron chi connectivity index (χ4n) is 3.27. The van der Waals surface area contributed by atoms with E-state index in [1.807, 2.05) is 0 Å². The number of hydrogen-bond acceptors (Lipinski definition) is 6. The van der Waals surface area contributed by atoms with Crippen LogP contribution in [0.3, 0.4) is 0 Å². The van der Waals surface area contributed by atoms with Crippen LogP contribution in [-0.2, 0) is 9.84 Å². The molecule has 2 aliphatic rings. The van der Waals surface area contributed by atoms with Crippen molar-refractivity contribution in [3.63, 3.8) is 0 Å². The van der Waals surface area contributed by atoms with Crippen LogP contribution < -0.4 is 11.1 Å². The highest BCUT2D eigenvalue weighted by atomic mass is 32.2. The summed E-state index contributed by atoms with van der Waals surface area (Å²) in [6, 6.07) is 0. The maximum absolute atomic E-state index is 12.5. The molecule has 5 nitrogen and oxygen atoms in total. The van der Waals surface area contributed by atoms with Crippen molar-refractivity contribution in [2.45, 2.75) is 62.0 Å². The molecule has 0 radical (unpaired) electrons. The molecular weight excluding hydrogens is 306 g/mol. The third-order valence-corrected chi connectivity index (χ3v) is 8.24. The van der Waals surface area contributed by atoms with Crippen molar-refractivity contribution in [2.24, 2.45) is 5.41 Å². The first-order valence-corrected chi connectivity index (χ1v) is 10.0. The van der Waals surface area contributed by atoms with Crippen LogP contribution in [0.1, 0.15) is 51.9 Å². The molecule has 7 heteroatoms. The van der Waals surface area contributed by atoms with Crippen LogP contribution in [0.25, 0.3) is 0 Å². The molecule has 1 heterocycles. The SMILES string of the molecule is CCC1(CNc2snc(N)c2S(=O)(=O)C2CC2)CCCC1. The topological polar surface area (TPSA) is 85.1 Å². The fraction of sp³-hybridized carbons (Fsp3) is 0.786. The maximum Gasteiger partial charge on any atom is 0.187 e. The minimum atomic E-state index is -3.30. The number of nitrogens with two attached hydrogens (primary N) is 1. The van der Waals surface area contributed by atoms with E-state index in [1.54, 1.807) is 0 Å². The van der Waals surface area contributed by atoms with Gasteiger partial charge in [0.25, 0.3) is 0 Å². The fourth-order valence-corrected chi connectivity index (χ4v) is 6.16. The first-order chi connectivity index (χ1) is 9.98. The summed E-state index contributed by atoms with van der Waals surface area (Å²) in [6.07, 6.45) is 7.59. The van der Waals surface area contributed by atoms with Gasteiger partial charge in [0.2, 0.25) is 0 Å². The van der Waals surface area contributed by atoms with E-state index >= 15 is 0 Å². The number of hydrogen-bond donors (Lipinski definition) is 2. The Morgan fingerprint density at radius 3 is 2.62 bits per heavy atom. The molecule has 3 rings (SSSR count). The zero-order valence-electron chi connectivity index (χ0n) is 12.4. The molecule has 2 fully saturated rings. The molecule has 0 spiro atoms. The van der Waals surface area contributed by atoms with Crippen LogP contribution in [0.4, 0.5) is 10.8 Å². The summed E-state index contributed by atoms with van der Waals surface area (Å²) >= 11 is 1.18. The van der Waals surface area contributed by atoms with Crippen molar-refractivity contribution >= 4 is 32.2 Å². The van der Waals surface area contributed by atoms with E-state index in [0.29, 0.717) is 10.4 Å². The Kier molecular flexibility index (Phi) is 3.90. The molecule has 0 amide bonds. The predicted octanol–water partition coefficient (Wildman–Crippen LogP) is 3.04. The number of anilines is 2. The zero-order chi connectivity index (χ0) is 15.1. The lowest BCUT2D eigenvalue weighted by atomic mass is 9.83. The van der Waals surface area contributed by atoms with E-state index < -0.39 is 9.84 Å². The Balaban J connectivity index is 1.80. The van der Waals surface area contributed by atoms with Gasteiger partial charge in [0, 0.05) is 6.54 Å². The molecule has 1 aromatic heterocycles. The molecule has 2 aliphatic carbocycles. The minimum Gasteiger partial charge on any atom is -0.382 e. The summed E-state index contributed by atoms with van der Waals surface area (Å²) < 4.78 is 29.0. The number of aromatic nitrogens is 1. The summed E-state index contributed by atoms with van der Waals surface area (Å²) in [5.74, 6) is 0.159. The molecule has 0 aliphatic heterocycles. The second-order valence-electron chi connectivity index (χ2n) is 6.38. The summed E-state index contributed by atoms with van der Waals surface area (Å²) in [5, 5.41) is 3.74. The zero-order valence-corrected chi connectivity index (χ0v) is 14.0. The van der Waals surface area contributed by atoms with Gasteiger partial charge in [-0.25, -0.2) is 8.42 Å². The number of sulfone groups is 1. The molecule has 0 bridgehead atoms.